The van der Waals surface area contributed by atoms with Crippen LogP contribution in [0.15, 0.2) is 18.2 Å². The molecular weight excluding hydrogens is 356 g/mol. The van der Waals surface area contributed by atoms with Crippen molar-refractivity contribution in [3.8, 4) is 0 Å². The molecule has 2 atom stereocenters. The van der Waals surface area contributed by atoms with E-state index in [1.54, 1.807) is 6.07 Å². The molecule has 7 nitrogen and oxygen atoms in total. The van der Waals surface area contributed by atoms with Crippen molar-refractivity contribution >= 4 is 17.3 Å². The first-order chi connectivity index (χ1) is 13.4. The van der Waals surface area contributed by atoms with Gasteiger partial charge in [-0.05, 0) is 43.6 Å². The van der Waals surface area contributed by atoms with Crippen molar-refractivity contribution in [2.45, 2.75) is 39.5 Å². The summed E-state index contributed by atoms with van der Waals surface area (Å²) in [5, 5.41) is 14.2. The van der Waals surface area contributed by atoms with Gasteiger partial charge in [-0.2, -0.15) is 0 Å². The van der Waals surface area contributed by atoms with Gasteiger partial charge in [0.1, 0.15) is 0 Å². The summed E-state index contributed by atoms with van der Waals surface area (Å²) in [6.45, 7) is 9.83. The van der Waals surface area contributed by atoms with Crippen molar-refractivity contribution in [3.05, 3.63) is 33.9 Å². The largest absolute Gasteiger partial charge is 0.371 e. The molecule has 7 heteroatoms. The van der Waals surface area contributed by atoms with Gasteiger partial charge >= 0.3 is 0 Å². The first-order valence-corrected chi connectivity index (χ1v) is 10.5. The van der Waals surface area contributed by atoms with Crippen LogP contribution in [0.25, 0.3) is 0 Å². The maximum Gasteiger partial charge on any atom is 0.270 e. The number of rotatable bonds is 6. The minimum Gasteiger partial charge on any atom is -0.371 e. The third kappa shape index (κ3) is 5.22. The zero-order valence-corrected chi connectivity index (χ0v) is 17.0. The quantitative estimate of drug-likeness (QED) is 0.598. The van der Waals surface area contributed by atoms with Crippen LogP contribution >= 0.6 is 0 Å². The molecule has 2 unspecified atom stereocenters. The first-order valence-electron chi connectivity index (χ1n) is 10.5. The molecule has 1 aromatic rings. The molecular formula is C21H32N4O3. The van der Waals surface area contributed by atoms with E-state index in [1.165, 1.54) is 25.0 Å². The summed E-state index contributed by atoms with van der Waals surface area (Å²) in [5.41, 5.74) is 1.18. The molecule has 0 aliphatic carbocycles. The van der Waals surface area contributed by atoms with Crippen LogP contribution in [-0.2, 0) is 0 Å². The maximum absolute atomic E-state index is 12.9. The van der Waals surface area contributed by atoms with Gasteiger partial charge in [0.2, 0.25) is 0 Å². The number of nitro groups is 1. The number of benzene rings is 1. The van der Waals surface area contributed by atoms with E-state index < -0.39 is 4.92 Å². The van der Waals surface area contributed by atoms with Gasteiger partial charge < -0.3 is 15.1 Å². The normalized spacial score (nSPS) is 23.4. The first kappa shape index (κ1) is 20.6. The summed E-state index contributed by atoms with van der Waals surface area (Å²) in [6, 6.07) is 4.65. The van der Waals surface area contributed by atoms with E-state index in [0.29, 0.717) is 23.9 Å². The van der Waals surface area contributed by atoms with Gasteiger partial charge in [-0.3, -0.25) is 14.9 Å². The molecule has 0 radical (unpaired) electrons. The summed E-state index contributed by atoms with van der Waals surface area (Å²) >= 11 is 0. The molecule has 1 N–H and O–H groups in total. The van der Waals surface area contributed by atoms with Crippen LogP contribution < -0.4 is 10.2 Å². The second-order valence-electron chi connectivity index (χ2n) is 8.47. The Kier molecular flexibility index (Phi) is 6.88. The second-order valence-corrected chi connectivity index (χ2v) is 8.47. The number of likely N-dealkylation sites (tertiary alicyclic amines) is 1. The van der Waals surface area contributed by atoms with E-state index in [1.807, 2.05) is 0 Å². The monoisotopic (exact) mass is 388 g/mol. The number of non-ortho nitro benzene ring substituents is 1. The molecule has 2 aliphatic rings. The molecule has 28 heavy (non-hydrogen) atoms. The Labute approximate surface area is 167 Å². The average molecular weight is 389 g/mol. The summed E-state index contributed by atoms with van der Waals surface area (Å²) in [4.78, 5) is 28.2. The number of nitrogens with one attached hydrogen (secondary N) is 1. The van der Waals surface area contributed by atoms with Crippen molar-refractivity contribution in [1.82, 2.24) is 10.2 Å². The average Bonchev–Trinajstić information content (AvgIpc) is 2.67. The SMILES string of the molecule is CC1CC(C)CN(CCNC(=O)c2cc([N+](=O)[O-])ccc2N2CCCCC2)C1. The molecule has 2 fully saturated rings. The highest BCUT2D eigenvalue weighted by Gasteiger charge is 2.23. The summed E-state index contributed by atoms with van der Waals surface area (Å²) < 4.78 is 0. The molecule has 0 bridgehead atoms. The van der Waals surface area contributed by atoms with Crippen molar-refractivity contribution in [3.63, 3.8) is 0 Å². The van der Waals surface area contributed by atoms with Crippen LogP contribution in [0, 0.1) is 22.0 Å². The van der Waals surface area contributed by atoms with Crippen LogP contribution in [0.2, 0.25) is 0 Å². The van der Waals surface area contributed by atoms with Crippen LogP contribution in [0.1, 0.15) is 49.9 Å². The van der Waals surface area contributed by atoms with E-state index in [4.69, 9.17) is 0 Å². The maximum atomic E-state index is 12.9. The number of hydrogen-bond donors (Lipinski definition) is 1. The number of carbonyl (C=O) groups is 1. The number of nitro benzene ring substituents is 1. The zero-order valence-electron chi connectivity index (χ0n) is 17.0. The fourth-order valence-corrected chi connectivity index (χ4v) is 4.63. The van der Waals surface area contributed by atoms with Crippen LogP contribution in [0.3, 0.4) is 0 Å². The molecule has 0 aromatic heterocycles. The van der Waals surface area contributed by atoms with Gasteiger partial charge in [0.15, 0.2) is 0 Å². The van der Waals surface area contributed by atoms with Crippen LogP contribution in [0.5, 0.6) is 0 Å². The zero-order chi connectivity index (χ0) is 20.1. The highest BCUT2D eigenvalue weighted by atomic mass is 16.6. The van der Waals surface area contributed by atoms with Crippen LogP contribution in [0.4, 0.5) is 11.4 Å². The molecule has 2 saturated heterocycles. The molecule has 1 aromatic carbocycles. The fourth-order valence-electron chi connectivity index (χ4n) is 4.63. The van der Waals surface area contributed by atoms with Crippen LogP contribution in [-0.4, -0.2) is 55.0 Å². The third-order valence-electron chi connectivity index (χ3n) is 5.79. The Hall–Kier alpha value is -2.15. The van der Waals surface area contributed by atoms with Gasteiger partial charge in [-0.15, -0.1) is 0 Å². The van der Waals surface area contributed by atoms with Crippen molar-refractivity contribution < 1.29 is 9.72 Å². The lowest BCUT2D eigenvalue weighted by Gasteiger charge is -2.35. The predicted octanol–water partition coefficient (Wildman–Crippen LogP) is 3.29. The van der Waals surface area contributed by atoms with E-state index in [-0.39, 0.29) is 11.6 Å². The predicted molar refractivity (Wildman–Crippen MR) is 111 cm³/mol. The lowest BCUT2D eigenvalue weighted by molar-refractivity contribution is -0.384. The van der Waals surface area contributed by atoms with Gasteiger partial charge in [-0.1, -0.05) is 13.8 Å². The smallest absolute Gasteiger partial charge is 0.270 e. The number of amides is 1. The number of anilines is 1. The highest BCUT2D eigenvalue weighted by molar-refractivity contribution is 6.00. The summed E-state index contributed by atoms with van der Waals surface area (Å²) in [6.07, 6.45) is 4.63. The van der Waals surface area contributed by atoms with Gasteiger partial charge in [-0.25, -0.2) is 0 Å². The summed E-state index contributed by atoms with van der Waals surface area (Å²) in [7, 11) is 0. The minimum absolute atomic E-state index is 0.0374. The Morgan fingerprint density at radius 2 is 1.86 bits per heavy atom. The van der Waals surface area contributed by atoms with E-state index in [0.717, 1.165) is 51.3 Å². The van der Waals surface area contributed by atoms with Gasteiger partial charge in [0.05, 0.1) is 16.2 Å². The lowest BCUT2D eigenvalue weighted by atomic mass is 9.92. The van der Waals surface area contributed by atoms with Crippen molar-refractivity contribution in [2.24, 2.45) is 11.8 Å². The van der Waals surface area contributed by atoms with Gasteiger partial charge in [0.25, 0.3) is 11.6 Å². The van der Waals surface area contributed by atoms with E-state index >= 15 is 0 Å². The number of hydrogen-bond acceptors (Lipinski definition) is 5. The molecule has 2 heterocycles. The van der Waals surface area contributed by atoms with E-state index in [2.05, 4.69) is 29.0 Å². The van der Waals surface area contributed by atoms with Gasteiger partial charge in [0, 0.05) is 51.4 Å². The number of piperidine rings is 2. The Balaban J connectivity index is 1.66. The molecule has 3 rings (SSSR count). The van der Waals surface area contributed by atoms with Crippen molar-refractivity contribution in [1.29, 1.82) is 0 Å². The number of carbonyl (C=O) groups excluding carboxylic acids is 1. The van der Waals surface area contributed by atoms with Crippen molar-refractivity contribution in [2.75, 3.05) is 44.2 Å². The third-order valence-corrected chi connectivity index (χ3v) is 5.79. The Bertz CT molecular complexity index is 693. The second kappa shape index (κ2) is 9.37. The Morgan fingerprint density at radius 3 is 2.50 bits per heavy atom. The molecule has 0 spiro atoms. The number of nitrogens with zero attached hydrogens (tertiary/aromatic N) is 3. The standard InChI is InChI=1S/C21H32N4O3/c1-16-12-17(2)15-23(14-16)11-8-22-21(26)19-13-18(25(27)28)6-7-20(19)24-9-4-3-5-10-24/h6-7,13,16-17H,3-5,8-12,14-15H2,1-2H3,(H,22,26). The fraction of sp³-hybridized carbons (Fsp3) is 0.667. The minimum atomic E-state index is -0.437. The van der Waals surface area contributed by atoms with E-state index in [9.17, 15) is 14.9 Å². The molecule has 2 aliphatic heterocycles. The molecule has 154 valence electrons. The highest BCUT2D eigenvalue weighted by Crippen LogP contribution is 2.28. The topological polar surface area (TPSA) is 78.7 Å². The lowest BCUT2D eigenvalue weighted by Crippen LogP contribution is -2.43. The molecule has 1 amide bonds. The Morgan fingerprint density at radius 1 is 1.18 bits per heavy atom. The molecule has 0 saturated carbocycles. The summed E-state index contributed by atoms with van der Waals surface area (Å²) in [5.74, 6) is 1.14.